The minimum absolute atomic E-state index is 0.0354. The predicted octanol–water partition coefficient (Wildman–Crippen LogP) is 5.08. The summed E-state index contributed by atoms with van der Waals surface area (Å²) in [6, 6.07) is 9.07. The number of thiazole rings is 1. The molecule has 0 amide bonds. The van der Waals surface area contributed by atoms with E-state index in [1.807, 2.05) is 30.5 Å². The molecule has 10 heteroatoms. The van der Waals surface area contributed by atoms with Crippen LogP contribution in [-0.2, 0) is 6.42 Å². The standard InChI is InChI=1S/C22H16N4O4S2/c1-3-12-8-14(11-23-10-12)29-13-4-5-15-17(9-13)32-21(25-15)26-20(27)18-19(30-22(26)31)16(28-2)6-7-24-18/h4-11H,3H2,1-2H3. The molecule has 0 saturated carbocycles. The van der Waals surface area contributed by atoms with Crippen LogP contribution < -0.4 is 15.0 Å². The minimum Gasteiger partial charge on any atom is -0.493 e. The number of hydrogen-bond acceptors (Lipinski definition) is 9. The Balaban J connectivity index is 1.58. The molecular weight excluding hydrogens is 448 g/mol. The summed E-state index contributed by atoms with van der Waals surface area (Å²) in [6.45, 7) is 2.06. The maximum atomic E-state index is 13.1. The molecule has 5 rings (SSSR count). The van der Waals surface area contributed by atoms with E-state index in [2.05, 4.69) is 21.9 Å². The molecule has 0 aliphatic rings. The molecule has 0 aliphatic heterocycles. The van der Waals surface area contributed by atoms with Crippen LogP contribution >= 0.6 is 23.6 Å². The van der Waals surface area contributed by atoms with Gasteiger partial charge in [-0.1, -0.05) is 18.3 Å². The molecular formula is C22H16N4O4S2. The topological polar surface area (TPSA) is 92.3 Å². The third-order valence-electron chi connectivity index (χ3n) is 4.82. The molecule has 0 atom stereocenters. The molecule has 1 aromatic carbocycles. The Morgan fingerprint density at radius 1 is 1.19 bits per heavy atom. The van der Waals surface area contributed by atoms with Gasteiger partial charge in [-0.05, 0) is 42.4 Å². The Bertz CT molecular complexity index is 1590. The number of aromatic nitrogens is 4. The Morgan fingerprint density at radius 2 is 2.06 bits per heavy atom. The van der Waals surface area contributed by atoms with E-state index in [9.17, 15) is 4.79 Å². The van der Waals surface area contributed by atoms with Crippen molar-refractivity contribution < 1.29 is 13.9 Å². The first-order chi connectivity index (χ1) is 15.6. The molecule has 0 fully saturated rings. The van der Waals surface area contributed by atoms with E-state index in [4.69, 9.17) is 26.1 Å². The summed E-state index contributed by atoms with van der Waals surface area (Å²) in [5.74, 6) is 1.69. The van der Waals surface area contributed by atoms with Crippen molar-refractivity contribution in [3.8, 4) is 22.4 Å². The van der Waals surface area contributed by atoms with Crippen LogP contribution in [0.5, 0.6) is 17.2 Å². The molecule has 0 spiro atoms. The number of ether oxygens (including phenoxy) is 2. The number of rotatable bonds is 5. The lowest BCUT2D eigenvalue weighted by molar-refractivity contribution is 0.404. The lowest BCUT2D eigenvalue weighted by Crippen LogP contribution is -2.20. The lowest BCUT2D eigenvalue weighted by atomic mass is 10.2. The van der Waals surface area contributed by atoms with Crippen LogP contribution in [-0.4, -0.2) is 26.6 Å². The summed E-state index contributed by atoms with van der Waals surface area (Å²) < 4.78 is 19.0. The van der Waals surface area contributed by atoms with Crippen molar-refractivity contribution >= 4 is 44.9 Å². The van der Waals surface area contributed by atoms with Crippen LogP contribution in [0.1, 0.15) is 12.5 Å². The van der Waals surface area contributed by atoms with E-state index >= 15 is 0 Å². The van der Waals surface area contributed by atoms with Crippen LogP contribution in [0.3, 0.4) is 0 Å². The molecule has 4 aromatic heterocycles. The smallest absolute Gasteiger partial charge is 0.290 e. The molecule has 160 valence electrons. The maximum absolute atomic E-state index is 13.1. The summed E-state index contributed by atoms with van der Waals surface area (Å²) in [5.41, 5.74) is 1.70. The van der Waals surface area contributed by atoms with Crippen LogP contribution in [0.25, 0.3) is 26.4 Å². The average Bonchev–Trinajstić information content (AvgIpc) is 3.21. The normalized spacial score (nSPS) is 11.2. The lowest BCUT2D eigenvalue weighted by Gasteiger charge is -2.06. The summed E-state index contributed by atoms with van der Waals surface area (Å²) in [6.07, 6.45) is 5.84. The van der Waals surface area contributed by atoms with Gasteiger partial charge in [0.05, 0.1) is 23.5 Å². The van der Waals surface area contributed by atoms with Crippen molar-refractivity contribution in [2.45, 2.75) is 13.3 Å². The van der Waals surface area contributed by atoms with Crippen LogP contribution in [0, 0.1) is 4.84 Å². The van der Waals surface area contributed by atoms with Gasteiger partial charge < -0.3 is 13.9 Å². The van der Waals surface area contributed by atoms with Crippen molar-refractivity contribution in [1.82, 2.24) is 19.5 Å². The highest BCUT2D eigenvalue weighted by Crippen LogP contribution is 2.31. The number of aryl methyl sites for hydroxylation is 1. The molecule has 0 N–H and O–H groups in total. The minimum atomic E-state index is -0.423. The largest absolute Gasteiger partial charge is 0.493 e. The van der Waals surface area contributed by atoms with E-state index in [-0.39, 0.29) is 15.9 Å². The zero-order chi connectivity index (χ0) is 22.2. The predicted molar refractivity (Wildman–Crippen MR) is 124 cm³/mol. The number of nitrogens with zero attached hydrogens (tertiary/aromatic N) is 4. The van der Waals surface area contributed by atoms with Gasteiger partial charge in [0.25, 0.3) is 10.4 Å². The fourth-order valence-electron chi connectivity index (χ4n) is 3.23. The number of fused-ring (bicyclic) bond motifs is 2. The van der Waals surface area contributed by atoms with Gasteiger partial charge in [-0.3, -0.25) is 9.78 Å². The van der Waals surface area contributed by atoms with Gasteiger partial charge in [-0.2, -0.15) is 0 Å². The summed E-state index contributed by atoms with van der Waals surface area (Å²) in [4.78, 5) is 26.0. The molecule has 0 aliphatic carbocycles. The van der Waals surface area contributed by atoms with Gasteiger partial charge in [0, 0.05) is 24.5 Å². The average molecular weight is 465 g/mol. The highest BCUT2D eigenvalue weighted by molar-refractivity contribution is 7.71. The third-order valence-corrected chi connectivity index (χ3v) is 6.09. The number of hydrogen-bond donors (Lipinski definition) is 0. The highest BCUT2D eigenvalue weighted by Gasteiger charge is 2.17. The Morgan fingerprint density at radius 3 is 2.88 bits per heavy atom. The van der Waals surface area contributed by atoms with Gasteiger partial charge in [-0.15, -0.1) is 0 Å². The number of pyridine rings is 2. The Hall–Kier alpha value is -3.63. The van der Waals surface area contributed by atoms with Crippen LogP contribution in [0.15, 0.2) is 58.1 Å². The molecule has 8 nitrogen and oxygen atoms in total. The second-order valence-electron chi connectivity index (χ2n) is 6.81. The first-order valence-corrected chi connectivity index (χ1v) is 10.9. The highest BCUT2D eigenvalue weighted by atomic mass is 32.1. The first-order valence-electron chi connectivity index (χ1n) is 9.69. The third kappa shape index (κ3) is 3.53. The molecule has 5 aromatic rings. The SMILES string of the molecule is CCc1cncc(Oc2ccc3nc(-n4c(=S)oc5c(OC)ccnc5c4=O)sc3c2)c1. The fraction of sp³-hybridized carbons (Fsp3) is 0.136. The van der Waals surface area contributed by atoms with E-state index in [1.165, 1.54) is 29.2 Å². The van der Waals surface area contributed by atoms with Crippen molar-refractivity contribution in [3.63, 3.8) is 0 Å². The van der Waals surface area contributed by atoms with E-state index in [0.29, 0.717) is 27.9 Å². The molecule has 0 bridgehead atoms. The van der Waals surface area contributed by atoms with Gasteiger partial charge in [0.15, 0.2) is 11.3 Å². The second kappa shape index (κ2) is 8.13. The molecule has 4 heterocycles. The van der Waals surface area contributed by atoms with E-state index in [1.54, 1.807) is 12.3 Å². The van der Waals surface area contributed by atoms with E-state index < -0.39 is 5.56 Å². The van der Waals surface area contributed by atoms with Gasteiger partial charge in [0.2, 0.25) is 10.7 Å². The first kappa shape index (κ1) is 20.3. The number of methoxy groups -OCH3 is 1. The van der Waals surface area contributed by atoms with Crippen LogP contribution in [0.2, 0.25) is 0 Å². The van der Waals surface area contributed by atoms with Gasteiger partial charge >= 0.3 is 0 Å². The van der Waals surface area contributed by atoms with Gasteiger partial charge in [-0.25, -0.2) is 14.5 Å². The summed E-state index contributed by atoms with van der Waals surface area (Å²) >= 11 is 6.65. The maximum Gasteiger partial charge on any atom is 0.290 e. The van der Waals surface area contributed by atoms with Crippen molar-refractivity contribution in [2.75, 3.05) is 7.11 Å². The molecule has 0 unspecified atom stereocenters. The quantitative estimate of drug-likeness (QED) is 0.333. The summed E-state index contributed by atoms with van der Waals surface area (Å²) in [5, 5.41) is 0.386. The molecule has 0 radical (unpaired) electrons. The zero-order valence-corrected chi connectivity index (χ0v) is 18.7. The van der Waals surface area contributed by atoms with Crippen LogP contribution in [0.4, 0.5) is 0 Å². The fourth-order valence-corrected chi connectivity index (χ4v) is 4.53. The molecule has 0 saturated heterocycles. The van der Waals surface area contributed by atoms with Crippen molar-refractivity contribution in [1.29, 1.82) is 0 Å². The Kier molecular flexibility index (Phi) is 5.16. The zero-order valence-electron chi connectivity index (χ0n) is 17.1. The summed E-state index contributed by atoms with van der Waals surface area (Å²) in [7, 11) is 1.49. The number of benzene rings is 1. The van der Waals surface area contributed by atoms with Gasteiger partial charge in [0.1, 0.15) is 11.5 Å². The molecule has 32 heavy (non-hydrogen) atoms. The van der Waals surface area contributed by atoms with E-state index in [0.717, 1.165) is 16.7 Å². The monoisotopic (exact) mass is 464 g/mol. The van der Waals surface area contributed by atoms with Crippen molar-refractivity contribution in [3.05, 3.63) is 69.7 Å². The second-order valence-corrected chi connectivity index (χ2v) is 8.17. The van der Waals surface area contributed by atoms with Crippen molar-refractivity contribution in [2.24, 2.45) is 0 Å². The Labute approximate surface area is 190 Å².